The second-order valence-corrected chi connectivity index (χ2v) is 10.6. The van der Waals surface area contributed by atoms with E-state index in [1.807, 2.05) is 13.8 Å². The van der Waals surface area contributed by atoms with Gasteiger partial charge in [-0.05, 0) is 30.5 Å². The third-order valence-corrected chi connectivity index (χ3v) is 7.78. The number of hydrogen-bond donors (Lipinski definition) is 3. The summed E-state index contributed by atoms with van der Waals surface area (Å²) < 4.78 is 32.5. The summed E-state index contributed by atoms with van der Waals surface area (Å²) in [6.45, 7) is 8.34. The van der Waals surface area contributed by atoms with Gasteiger partial charge in [0.2, 0.25) is 15.9 Å². The van der Waals surface area contributed by atoms with Gasteiger partial charge in [0.25, 0.3) is 5.91 Å². The predicted molar refractivity (Wildman–Crippen MR) is 126 cm³/mol. The van der Waals surface area contributed by atoms with Crippen LogP contribution in [0.5, 0.6) is 0 Å². The number of thiazole rings is 1. The van der Waals surface area contributed by atoms with Crippen LogP contribution in [0.1, 0.15) is 47.1 Å². The average Bonchev–Trinajstić information content (AvgIpc) is 3.19. The smallest absolute Gasteiger partial charge is 0.281 e. The molecule has 3 rings (SSSR count). The maximum absolute atomic E-state index is 12.4. The lowest BCUT2D eigenvalue weighted by Gasteiger charge is -2.25. The molecule has 2 heterocycles. The Balaban J connectivity index is 1.45. The van der Waals surface area contributed by atoms with Crippen molar-refractivity contribution in [2.45, 2.75) is 38.0 Å². The number of carbonyl (C=O) groups excluding carboxylic acids is 2. The highest BCUT2D eigenvalue weighted by Crippen LogP contribution is 2.26. The van der Waals surface area contributed by atoms with Crippen LogP contribution in [0.15, 0.2) is 29.2 Å². The van der Waals surface area contributed by atoms with E-state index in [1.165, 1.54) is 11.3 Å². The molecule has 180 valence electrons. The molecule has 12 heteroatoms. The Bertz CT molecular complexity index is 1080. The standard InChI is InChI=1S/C21H29N5O5S2/c1-14(2)16-4-6-17(7-5-16)33(29,30)22-9-8-18(27)24-25-20(28)19-15(3)23-21(32-19)26-10-12-31-13-11-26/h4-7,14,22H,8-13H2,1-3H3,(H,24,27)(H,25,28). The van der Waals surface area contributed by atoms with Crippen LogP contribution in [0, 0.1) is 6.92 Å². The van der Waals surface area contributed by atoms with Gasteiger partial charge in [-0.25, -0.2) is 18.1 Å². The monoisotopic (exact) mass is 495 g/mol. The number of carbonyl (C=O) groups is 2. The summed E-state index contributed by atoms with van der Waals surface area (Å²) in [6, 6.07) is 6.63. The lowest BCUT2D eigenvalue weighted by Crippen LogP contribution is -2.42. The zero-order valence-electron chi connectivity index (χ0n) is 18.9. The van der Waals surface area contributed by atoms with Crippen LogP contribution in [0.2, 0.25) is 0 Å². The number of morpholine rings is 1. The van der Waals surface area contributed by atoms with E-state index >= 15 is 0 Å². The molecule has 0 spiro atoms. The first-order valence-corrected chi connectivity index (χ1v) is 13.0. The number of aryl methyl sites for hydroxylation is 1. The fourth-order valence-corrected chi connectivity index (χ4v) is 5.19. The summed E-state index contributed by atoms with van der Waals surface area (Å²) in [6.07, 6.45) is -0.135. The Morgan fingerprint density at radius 2 is 1.82 bits per heavy atom. The van der Waals surface area contributed by atoms with Gasteiger partial charge in [-0.1, -0.05) is 37.3 Å². The Morgan fingerprint density at radius 1 is 1.15 bits per heavy atom. The van der Waals surface area contributed by atoms with E-state index in [0.29, 0.717) is 42.8 Å². The summed E-state index contributed by atoms with van der Waals surface area (Å²) in [5.74, 6) is -0.686. The van der Waals surface area contributed by atoms with Crippen molar-refractivity contribution in [3.63, 3.8) is 0 Å². The molecule has 2 amide bonds. The lowest BCUT2D eigenvalue weighted by molar-refractivity contribution is -0.121. The van der Waals surface area contributed by atoms with Crippen LogP contribution in [-0.2, 0) is 19.6 Å². The van der Waals surface area contributed by atoms with Gasteiger partial charge in [0.15, 0.2) is 5.13 Å². The minimum Gasteiger partial charge on any atom is -0.378 e. The predicted octanol–water partition coefficient (Wildman–Crippen LogP) is 1.54. The quantitative estimate of drug-likeness (QED) is 0.474. The van der Waals surface area contributed by atoms with Crippen molar-refractivity contribution in [1.29, 1.82) is 0 Å². The van der Waals surface area contributed by atoms with Gasteiger partial charge in [0.1, 0.15) is 4.88 Å². The number of rotatable bonds is 8. The molecule has 1 aliphatic rings. The van der Waals surface area contributed by atoms with Crippen molar-refractivity contribution in [1.82, 2.24) is 20.6 Å². The molecular formula is C21H29N5O5S2. The highest BCUT2D eigenvalue weighted by molar-refractivity contribution is 7.89. The first kappa shape index (κ1) is 25.1. The van der Waals surface area contributed by atoms with Crippen LogP contribution >= 0.6 is 11.3 Å². The number of hydrogen-bond acceptors (Lipinski definition) is 8. The highest BCUT2D eigenvalue weighted by Gasteiger charge is 2.21. The Hall–Kier alpha value is -2.54. The maximum Gasteiger partial charge on any atom is 0.281 e. The molecule has 1 fully saturated rings. The summed E-state index contributed by atoms with van der Waals surface area (Å²) in [7, 11) is -3.72. The van der Waals surface area contributed by atoms with Crippen molar-refractivity contribution >= 4 is 38.3 Å². The van der Waals surface area contributed by atoms with Crippen LogP contribution in [0.25, 0.3) is 0 Å². The van der Waals surface area contributed by atoms with E-state index in [0.717, 1.165) is 10.7 Å². The molecule has 33 heavy (non-hydrogen) atoms. The number of nitrogens with zero attached hydrogens (tertiary/aromatic N) is 2. The lowest BCUT2D eigenvalue weighted by atomic mass is 10.0. The fraction of sp³-hybridized carbons (Fsp3) is 0.476. The van der Waals surface area contributed by atoms with Crippen molar-refractivity contribution in [2.24, 2.45) is 0 Å². The molecule has 10 nitrogen and oxygen atoms in total. The third kappa shape index (κ3) is 6.73. The van der Waals surface area contributed by atoms with Crippen LogP contribution < -0.4 is 20.5 Å². The SMILES string of the molecule is Cc1nc(N2CCOCC2)sc1C(=O)NNC(=O)CCNS(=O)(=O)c1ccc(C(C)C)cc1. The molecule has 1 saturated heterocycles. The highest BCUT2D eigenvalue weighted by atomic mass is 32.2. The minimum atomic E-state index is -3.72. The zero-order chi connectivity index (χ0) is 24.0. The average molecular weight is 496 g/mol. The molecule has 1 aliphatic heterocycles. The Morgan fingerprint density at radius 3 is 2.45 bits per heavy atom. The van der Waals surface area contributed by atoms with Gasteiger partial charge >= 0.3 is 0 Å². The summed E-state index contributed by atoms with van der Waals surface area (Å²) >= 11 is 1.25. The number of nitrogens with one attached hydrogen (secondary N) is 3. The minimum absolute atomic E-state index is 0.100. The van der Waals surface area contributed by atoms with E-state index in [-0.39, 0.29) is 17.9 Å². The van der Waals surface area contributed by atoms with Crippen LogP contribution in [-0.4, -0.2) is 58.1 Å². The molecule has 0 aliphatic carbocycles. The summed E-state index contributed by atoms with van der Waals surface area (Å²) in [5, 5.41) is 0.739. The van der Waals surface area contributed by atoms with Gasteiger partial charge in [-0.15, -0.1) is 0 Å². The normalized spacial score (nSPS) is 14.4. The number of sulfonamides is 1. The number of anilines is 1. The molecule has 3 N–H and O–H groups in total. The fourth-order valence-electron chi connectivity index (χ4n) is 3.14. The van der Waals surface area contributed by atoms with Crippen LogP contribution in [0.4, 0.5) is 5.13 Å². The van der Waals surface area contributed by atoms with Crippen molar-refractivity contribution < 1.29 is 22.7 Å². The molecule has 0 atom stereocenters. The molecule has 0 saturated carbocycles. The number of ether oxygens (including phenoxy) is 1. The third-order valence-electron chi connectivity index (χ3n) is 5.09. The zero-order valence-corrected chi connectivity index (χ0v) is 20.5. The molecule has 0 bridgehead atoms. The number of benzene rings is 1. The molecule has 1 aromatic heterocycles. The molecule has 0 unspecified atom stereocenters. The second kappa shape index (κ2) is 11.1. The van der Waals surface area contributed by atoms with Crippen molar-refractivity contribution in [3.8, 4) is 0 Å². The van der Waals surface area contributed by atoms with Gasteiger partial charge < -0.3 is 9.64 Å². The van der Waals surface area contributed by atoms with Gasteiger partial charge in [-0.2, -0.15) is 0 Å². The van der Waals surface area contributed by atoms with Gasteiger partial charge in [0, 0.05) is 26.1 Å². The van der Waals surface area contributed by atoms with E-state index in [1.54, 1.807) is 31.2 Å². The van der Waals surface area contributed by atoms with Gasteiger partial charge in [0.05, 0.1) is 23.8 Å². The second-order valence-electron chi connectivity index (χ2n) is 7.88. The van der Waals surface area contributed by atoms with E-state index in [2.05, 4.69) is 25.5 Å². The maximum atomic E-state index is 12.4. The molecule has 0 radical (unpaired) electrons. The van der Waals surface area contributed by atoms with Gasteiger partial charge in [-0.3, -0.25) is 20.4 Å². The number of hydrazine groups is 1. The largest absolute Gasteiger partial charge is 0.378 e. The first-order valence-electron chi connectivity index (χ1n) is 10.7. The Labute approximate surface area is 197 Å². The van der Waals surface area contributed by atoms with E-state index in [4.69, 9.17) is 4.74 Å². The number of amides is 2. The summed E-state index contributed by atoms with van der Waals surface area (Å²) in [4.78, 5) is 31.6. The van der Waals surface area contributed by atoms with E-state index < -0.39 is 21.8 Å². The molecule has 2 aromatic rings. The first-order chi connectivity index (χ1) is 15.7. The molecular weight excluding hydrogens is 466 g/mol. The molecule has 1 aromatic carbocycles. The van der Waals surface area contributed by atoms with E-state index in [9.17, 15) is 18.0 Å². The number of aromatic nitrogens is 1. The van der Waals surface area contributed by atoms with Crippen LogP contribution in [0.3, 0.4) is 0 Å². The van der Waals surface area contributed by atoms with Crippen molar-refractivity contribution in [3.05, 3.63) is 40.4 Å². The topological polar surface area (TPSA) is 130 Å². The van der Waals surface area contributed by atoms with Crippen molar-refractivity contribution in [2.75, 3.05) is 37.7 Å². The Kier molecular flexibility index (Phi) is 8.40. The summed E-state index contributed by atoms with van der Waals surface area (Å²) in [5.41, 5.74) is 6.29.